The Morgan fingerprint density at radius 1 is 1.11 bits per heavy atom. The highest BCUT2D eigenvalue weighted by molar-refractivity contribution is 8.00. The molecule has 1 aromatic heterocycles. The SMILES string of the molecule is CC(=O)Oc1ccc(C=CC2=C(C(=O)O)N3C(=O)[C@@H](NC(=O)C(=NOC(C)(C)C(=O)O)c4csc(N)n4)[C@H]3SC2)cc1OC(C)=O. The Morgan fingerprint density at radius 3 is 2.37 bits per heavy atom. The number of esters is 2. The number of nitrogen functional groups attached to an aromatic ring is 1. The summed E-state index contributed by atoms with van der Waals surface area (Å²) in [5.74, 6) is -5.49. The molecule has 2 amide bonds. The molecule has 0 radical (unpaired) electrons. The number of β-lactam (4-membered cyclic amide) rings is 1. The number of allylic oxidation sites excluding steroid dienone is 1. The Labute approximate surface area is 268 Å². The lowest BCUT2D eigenvalue weighted by atomic mass is 10.0. The number of aromatic nitrogens is 1. The van der Waals surface area contributed by atoms with Gasteiger partial charge in [-0.25, -0.2) is 14.6 Å². The number of hydrogen-bond acceptors (Lipinski definition) is 14. The van der Waals surface area contributed by atoms with Crippen LogP contribution in [-0.4, -0.2) is 84.3 Å². The molecular weight excluding hydrogens is 646 g/mol. The Hall–Kier alpha value is -5.23. The number of nitrogens with two attached hydrogens (primary N) is 1. The number of carboxylic acids is 2. The fourth-order valence-electron chi connectivity index (χ4n) is 4.08. The summed E-state index contributed by atoms with van der Waals surface area (Å²) >= 11 is 2.19. The number of ether oxygens (including phenoxy) is 2. The molecule has 242 valence electrons. The summed E-state index contributed by atoms with van der Waals surface area (Å²) in [7, 11) is 0. The van der Waals surface area contributed by atoms with E-state index in [9.17, 15) is 39.0 Å². The molecule has 2 aromatic rings. The second-order valence-corrected chi connectivity index (χ2v) is 12.2. The molecule has 0 saturated carbocycles. The molecule has 46 heavy (non-hydrogen) atoms. The lowest BCUT2D eigenvalue weighted by molar-refractivity contribution is -0.161. The number of aliphatic carboxylic acids is 2. The zero-order valence-electron chi connectivity index (χ0n) is 24.6. The molecule has 5 N–H and O–H groups in total. The molecule has 1 saturated heterocycles. The molecule has 18 heteroatoms. The van der Waals surface area contributed by atoms with E-state index in [0.717, 1.165) is 16.2 Å². The average Bonchev–Trinajstić information content (AvgIpc) is 3.40. The van der Waals surface area contributed by atoms with Crippen molar-refractivity contribution in [2.45, 2.75) is 44.7 Å². The number of nitrogens with zero attached hydrogens (tertiary/aromatic N) is 3. The van der Waals surface area contributed by atoms with Gasteiger partial charge in [0.15, 0.2) is 22.3 Å². The molecule has 0 spiro atoms. The Morgan fingerprint density at radius 2 is 1.78 bits per heavy atom. The van der Waals surface area contributed by atoms with E-state index in [1.807, 2.05) is 0 Å². The first kappa shape index (κ1) is 33.7. The van der Waals surface area contributed by atoms with Gasteiger partial charge in [-0.05, 0) is 37.1 Å². The van der Waals surface area contributed by atoms with Crippen molar-refractivity contribution in [2.75, 3.05) is 11.5 Å². The van der Waals surface area contributed by atoms with E-state index >= 15 is 0 Å². The number of oxime groups is 1. The summed E-state index contributed by atoms with van der Waals surface area (Å²) in [5, 5.41) is 26.3. The van der Waals surface area contributed by atoms with Crippen molar-refractivity contribution in [1.82, 2.24) is 15.2 Å². The van der Waals surface area contributed by atoms with E-state index in [1.165, 1.54) is 69.1 Å². The number of carbonyl (C=O) groups is 6. The molecule has 0 unspecified atom stereocenters. The van der Waals surface area contributed by atoms with Gasteiger partial charge >= 0.3 is 23.9 Å². The van der Waals surface area contributed by atoms with Gasteiger partial charge in [-0.3, -0.25) is 24.1 Å². The largest absolute Gasteiger partial charge is 0.478 e. The first-order valence-electron chi connectivity index (χ1n) is 13.2. The molecule has 0 bridgehead atoms. The minimum Gasteiger partial charge on any atom is -0.478 e. The highest BCUT2D eigenvalue weighted by Crippen LogP contribution is 2.41. The number of hydrogen-bond donors (Lipinski definition) is 4. The van der Waals surface area contributed by atoms with Crippen LogP contribution in [0.3, 0.4) is 0 Å². The number of thiazole rings is 1. The normalized spacial score (nSPS) is 18.0. The number of nitrogens with one attached hydrogen (secondary N) is 1. The van der Waals surface area contributed by atoms with Crippen LogP contribution in [0.15, 0.2) is 46.1 Å². The Balaban J connectivity index is 1.56. The van der Waals surface area contributed by atoms with E-state index in [4.69, 9.17) is 20.0 Å². The topological polar surface area (TPSA) is 237 Å². The minimum atomic E-state index is -1.80. The van der Waals surface area contributed by atoms with Crippen molar-refractivity contribution in [3.63, 3.8) is 0 Å². The minimum absolute atomic E-state index is 0.0163. The third kappa shape index (κ3) is 7.35. The first-order valence-corrected chi connectivity index (χ1v) is 15.1. The zero-order valence-corrected chi connectivity index (χ0v) is 26.3. The lowest BCUT2D eigenvalue weighted by Crippen LogP contribution is -2.71. The maximum atomic E-state index is 13.3. The first-order chi connectivity index (χ1) is 21.6. The van der Waals surface area contributed by atoms with Crippen LogP contribution in [-0.2, 0) is 33.6 Å². The summed E-state index contributed by atoms with van der Waals surface area (Å²) in [6.45, 7) is 4.81. The maximum absolute atomic E-state index is 13.3. The smallest absolute Gasteiger partial charge is 0.352 e. The Bertz CT molecular complexity index is 1730. The fourth-order valence-corrected chi connectivity index (χ4v) is 5.95. The summed E-state index contributed by atoms with van der Waals surface area (Å²) in [6.07, 6.45) is 3.03. The van der Waals surface area contributed by atoms with Crippen molar-refractivity contribution in [3.8, 4) is 11.5 Å². The predicted molar refractivity (Wildman–Crippen MR) is 164 cm³/mol. The second-order valence-electron chi connectivity index (χ2n) is 10.2. The van der Waals surface area contributed by atoms with Crippen molar-refractivity contribution in [1.29, 1.82) is 0 Å². The maximum Gasteiger partial charge on any atom is 0.352 e. The summed E-state index contributed by atoms with van der Waals surface area (Å²) in [4.78, 5) is 83.3. The van der Waals surface area contributed by atoms with Crippen LogP contribution in [0, 0.1) is 0 Å². The standard InChI is InChI=1S/C28H27N5O11S2/c1-12(34)42-17-8-6-14(9-18(17)43-13(2)35)5-7-15-10-45-24-20(23(37)33(24)21(15)25(38)39)31-22(36)19(16-11-46-27(29)30-16)32-44-28(3,4)26(40)41/h5-9,11,20,24H,10H2,1-4H3,(H2,29,30)(H,31,36)(H,38,39)(H,40,41)/t20-,24-/m1/s1. The van der Waals surface area contributed by atoms with Gasteiger partial charge in [-0.1, -0.05) is 23.4 Å². The molecule has 1 aromatic carbocycles. The van der Waals surface area contributed by atoms with Gasteiger partial charge in [-0.15, -0.1) is 23.1 Å². The van der Waals surface area contributed by atoms with Crippen LogP contribution in [0.1, 0.15) is 39.0 Å². The highest BCUT2D eigenvalue weighted by atomic mass is 32.2. The molecule has 4 rings (SSSR count). The van der Waals surface area contributed by atoms with E-state index in [1.54, 1.807) is 6.07 Å². The van der Waals surface area contributed by atoms with Crippen LogP contribution in [0.4, 0.5) is 5.13 Å². The molecule has 3 heterocycles. The average molecular weight is 674 g/mol. The van der Waals surface area contributed by atoms with Crippen LogP contribution >= 0.6 is 23.1 Å². The van der Waals surface area contributed by atoms with Crippen LogP contribution in [0.25, 0.3) is 6.08 Å². The lowest BCUT2D eigenvalue weighted by Gasteiger charge is -2.49. The number of anilines is 1. The monoisotopic (exact) mass is 673 g/mol. The van der Waals surface area contributed by atoms with Crippen molar-refractivity contribution in [2.24, 2.45) is 5.16 Å². The third-order valence-corrected chi connectivity index (χ3v) is 8.27. The van der Waals surface area contributed by atoms with Crippen LogP contribution in [0.5, 0.6) is 11.5 Å². The van der Waals surface area contributed by atoms with Gasteiger partial charge < -0.3 is 35.6 Å². The number of carboxylic acid groups (broad SMARTS) is 2. The molecule has 2 atom stereocenters. The van der Waals surface area contributed by atoms with E-state index < -0.39 is 58.4 Å². The number of amides is 2. The highest BCUT2D eigenvalue weighted by Gasteiger charge is 2.54. The molecule has 1 fully saturated rings. The number of rotatable bonds is 11. The van der Waals surface area contributed by atoms with Gasteiger partial charge in [0.25, 0.3) is 11.8 Å². The number of carbonyl (C=O) groups excluding carboxylic acids is 4. The zero-order chi connectivity index (χ0) is 33.9. The van der Waals surface area contributed by atoms with Gasteiger partial charge in [0, 0.05) is 25.0 Å². The number of benzene rings is 1. The summed E-state index contributed by atoms with van der Waals surface area (Å²) in [6, 6.07) is 3.24. The van der Waals surface area contributed by atoms with Crippen molar-refractivity contribution >= 4 is 75.7 Å². The molecule has 0 aliphatic carbocycles. The quantitative estimate of drug-likeness (QED) is 0.0872. The van der Waals surface area contributed by atoms with E-state index in [2.05, 4.69) is 15.5 Å². The van der Waals surface area contributed by atoms with Gasteiger partial charge in [0.1, 0.15) is 22.8 Å². The summed E-state index contributed by atoms with van der Waals surface area (Å²) in [5.41, 5.74) is 3.90. The van der Waals surface area contributed by atoms with Crippen LogP contribution < -0.4 is 20.5 Å². The molecule has 2 aliphatic heterocycles. The number of fused-ring (bicyclic) bond motifs is 1. The predicted octanol–water partition coefficient (Wildman–Crippen LogP) is 1.61. The number of thioether (sulfide) groups is 1. The summed E-state index contributed by atoms with van der Waals surface area (Å²) < 4.78 is 10.2. The molecular formula is C28H27N5O11S2. The Kier molecular flexibility index (Phi) is 9.81. The fraction of sp³-hybridized carbons (Fsp3) is 0.286. The van der Waals surface area contributed by atoms with Gasteiger partial charge in [-0.2, -0.15) is 0 Å². The van der Waals surface area contributed by atoms with Gasteiger partial charge in [0.05, 0.1) is 0 Å². The van der Waals surface area contributed by atoms with E-state index in [0.29, 0.717) is 5.56 Å². The molecule has 2 aliphatic rings. The van der Waals surface area contributed by atoms with Crippen molar-refractivity contribution < 1.29 is 53.3 Å². The van der Waals surface area contributed by atoms with E-state index in [-0.39, 0.29) is 39.3 Å². The van der Waals surface area contributed by atoms with Gasteiger partial charge in [0.2, 0.25) is 5.60 Å². The third-order valence-electron chi connectivity index (χ3n) is 6.30. The van der Waals surface area contributed by atoms with Crippen molar-refractivity contribution in [3.05, 3.63) is 52.2 Å². The molecule has 16 nitrogen and oxygen atoms in total. The van der Waals surface area contributed by atoms with Crippen LogP contribution in [0.2, 0.25) is 0 Å². The second kappa shape index (κ2) is 13.4.